The summed E-state index contributed by atoms with van der Waals surface area (Å²) >= 11 is 12.7. The van der Waals surface area contributed by atoms with E-state index in [9.17, 15) is 4.79 Å². The van der Waals surface area contributed by atoms with Gasteiger partial charge in [0.2, 0.25) is 5.75 Å². The predicted octanol–water partition coefficient (Wildman–Crippen LogP) is 6.01. The van der Waals surface area contributed by atoms with Gasteiger partial charge in [-0.15, -0.1) is 0 Å². The van der Waals surface area contributed by atoms with Crippen molar-refractivity contribution in [2.45, 2.75) is 63.4 Å². The minimum absolute atomic E-state index is 0.0811. The van der Waals surface area contributed by atoms with Gasteiger partial charge in [-0.3, -0.25) is 4.79 Å². The van der Waals surface area contributed by atoms with Crippen LogP contribution in [0.15, 0.2) is 30.3 Å². The van der Waals surface area contributed by atoms with E-state index in [1.165, 1.54) is 0 Å². The lowest BCUT2D eigenvalue weighted by Crippen LogP contribution is -2.45. The lowest BCUT2D eigenvalue weighted by Gasteiger charge is -2.36. The molecule has 0 radical (unpaired) electrons. The number of rotatable bonds is 10. The summed E-state index contributed by atoms with van der Waals surface area (Å²) in [6.45, 7) is 3.56. The molecule has 2 aliphatic heterocycles. The standard InChI is InChI=1S/C28H35Cl2NO6/c1-5-11-28(19-9-10-20(29)21(30)15-19)17-31(27(32)26(28)37-24-8-6-7-12-36-24)16-18-13-22(33-2)25(35-4)23(14-18)34-3/h9-10,13-15,24,26H,5-8,11-12,16-17H2,1-4H3. The SMILES string of the molecule is CCCC1(c2ccc(Cl)c(Cl)c2)CN(Cc2cc(OC)c(OC)c(OC)c2)C(=O)C1OC1CCCCO1. The molecule has 2 saturated heterocycles. The molecule has 0 aliphatic carbocycles. The summed E-state index contributed by atoms with van der Waals surface area (Å²) in [6.07, 6.45) is 3.24. The molecule has 9 heteroatoms. The third-order valence-corrected chi connectivity index (χ3v) is 7.96. The average Bonchev–Trinajstić information content (AvgIpc) is 3.16. The van der Waals surface area contributed by atoms with Gasteiger partial charge < -0.3 is 28.6 Å². The van der Waals surface area contributed by atoms with Crippen LogP contribution in [0.2, 0.25) is 10.0 Å². The van der Waals surface area contributed by atoms with Crippen LogP contribution in [0.4, 0.5) is 0 Å². The first kappa shape index (κ1) is 27.8. The third-order valence-electron chi connectivity index (χ3n) is 7.23. The fourth-order valence-electron chi connectivity index (χ4n) is 5.49. The zero-order chi connectivity index (χ0) is 26.6. The Labute approximate surface area is 228 Å². The van der Waals surface area contributed by atoms with Crippen molar-refractivity contribution in [1.29, 1.82) is 0 Å². The molecule has 202 valence electrons. The number of hydrogen-bond donors (Lipinski definition) is 0. The first-order valence-corrected chi connectivity index (χ1v) is 13.4. The Kier molecular flexibility index (Phi) is 9.11. The molecular formula is C28H35Cl2NO6. The summed E-state index contributed by atoms with van der Waals surface area (Å²) in [7, 11) is 4.72. The molecule has 0 N–H and O–H groups in total. The smallest absolute Gasteiger partial charge is 0.253 e. The molecule has 0 bridgehead atoms. The van der Waals surface area contributed by atoms with Crippen molar-refractivity contribution in [1.82, 2.24) is 4.90 Å². The van der Waals surface area contributed by atoms with Crippen LogP contribution in [0.3, 0.4) is 0 Å². The first-order valence-electron chi connectivity index (χ1n) is 12.7. The highest BCUT2D eigenvalue weighted by Gasteiger charge is 2.54. The molecule has 3 unspecified atom stereocenters. The van der Waals surface area contributed by atoms with E-state index in [0.717, 1.165) is 43.2 Å². The van der Waals surface area contributed by atoms with Gasteiger partial charge in [0.25, 0.3) is 5.91 Å². The Morgan fingerprint density at radius 2 is 1.76 bits per heavy atom. The van der Waals surface area contributed by atoms with Gasteiger partial charge in [-0.1, -0.05) is 42.6 Å². The van der Waals surface area contributed by atoms with Gasteiger partial charge in [-0.05, 0) is 61.1 Å². The van der Waals surface area contributed by atoms with E-state index < -0.39 is 17.8 Å². The molecule has 1 amide bonds. The van der Waals surface area contributed by atoms with Gasteiger partial charge >= 0.3 is 0 Å². The highest BCUT2D eigenvalue weighted by molar-refractivity contribution is 6.42. The van der Waals surface area contributed by atoms with E-state index in [1.54, 1.807) is 27.4 Å². The Hall–Kier alpha value is -2.19. The van der Waals surface area contributed by atoms with Gasteiger partial charge in [0.05, 0.1) is 31.4 Å². The zero-order valence-electron chi connectivity index (χ0n) is 21.9. The van der Waals surface area contributed by atoms with Gasteiger partial charge in [-0.25, -0.2) is 0 Å². The molecule has 2 fully saturated rings. The summed E-state index contributed by atoms with van der Waals surface area (Å²) in [5, 5.41) is 0.932. The van der Waals surface area contributed by atoms with E-state index in [4.69, 9.17) is 46.9 Å². The fourth-order valence-corrected chi connectivity index (χ4v) is 5.79. The Balaban J connectivity index is 1.73. The molecule has 3 atom stereocenters. The van der Waals surface area contributed by atoms with Gasteiger partial charge in [0, 0.05) is 25.1 Å². The molecule has 4 rings (SSSR count). The van der Waals surface area contributed by atoms with Crippen molar-refractivity contribution in [3.05, 3.63) is 51.5 Å². The zero-order valence-corrected chi connectivity index (χ0v) is 23.4. The van der Waals surface area contributed by atoms with Crippen molar-refractivity contribution in [3.63, 3.8) is 0 Å². The van der Waals surface area contributed by atoms with Gasteiger partial charge in [0.15, 0.2) is 23.9 Å². The molecule has 7 nitrogen and oxygen atoms in total. The topological polar surface area (TPSA) is 66.5 Å². The van der Waals surface area contributed by atoms with Crippen LogP contribution in [0.25, 0.3) is 0 Å². The van der Waals surface area contributed by atoms with Crippen LogP contribution in [-0.2, 0) is 26.2 Å². The molecule has 2 heterocycles. The number of carbonyl (C=O) groups excluding carboxylic acids is 1. The van der Waals surface area contributed by atoms with Crippen LogP contribution in [0, 0.1) is 0 Å². The maximum Gasteiger partial charge on any atom is 0.253 e. The molecule has 0 saturated carbocycles. The summed E-state index contributed by atoms with van der Waals surface area (Å²) in [5.74, 6) is 1.50. The number of likely N-dealkylation sites (tertiary alicyclic amines) is 1. The number of hydrogen-bond acceptors (Lipinski definition) is 6. The largest absolute Gasteiger partial charge is 0.493 e. The van der Waals surface area contributed by atoms with E-state index in [-0.39, 0.29) is 5.91 Å². The summed E-state index contributed by atoms with van der Waals surface area (Å²) < 4.78 is 28.9. The maximum atomic E-state index is 14.0. The first-order chi connectivity index (χ1) is 17.9. The molecule has 0 spiro atoms. The number of amides is 1. The lowest BCUT2D eigenvalue weighted by atomic mass is 9.74. The molecule has 0 aromatic heterocycles. The summed E-state index contributed by atoms with van der Waals surface area (Å²) in [5.41, 5.74) is 1.18. The van der Waals surface area contributed by atoms with Gasteiger partial charge in [0.1, 0.15) is 0 Å². The molecule has 37 heavy (non-hydrogen) atoms. The number of nitrogens with zero attached hydrogens (tertiary/aromatic N) is 1. The lowest BCUT2D eigenvalue weighted by molar-refractivity contribution is -0.200. The highest BCUT2D eigenvalue weighted by Crippen LogP contribution is 2.45. The average molecular weight is 552 g/mol. The van der Waals surface area contributed by atoms with Crippen LogP contribution < -0.4 is 14.2 Å². The monoisotopic (exact) mass is 551 g/mol. The van der Waals surface area contributed by atoms with E-state index in [0.29, 0.717) is 47.0 Å². The normalized spacial score (nSPS) is 23.8. The van der Waals surface area contributed by atoms with E-state index >= 15 is 0 Å². The minimum Gasteiger partial charge on any atom is -0.493 e. The van der Waals surface area contributed by atoms with Crippen molar-refractivity contribution >= 4 is 29.1 Å². The minimum atomic E-state index is -0.713. The third kappa shape index (κ3) is 5.65. The number of carbonyl (C=O) groups is 1. The highest BCUT2D eigenvalue weighted by atomic mass is 35.5. The van der Waals surface area contributed by atoms with Crippen LogP contribution in [0.5, 0.6) is 17.2 Å². The second-order valence-corrected chi connectivity index (χ2v) is 10.4. The van der Waals surface area contributed by atoms with Crippen molar-refractivity contribution in [2.75, 3.05) is 34.5 Å². The number of methoxy groups -OCH3 is 3. The van der Waals surface area contributed by atoms with Crippen molar-refractivity contribution in [3.8, 4) is 17.2 Å². The number of halogens is 2. The molecule has 2 aromatic rings. The van der Waals surface area contributed by atoms with E-state index in [1.807, 2.05) is 29.2 Å². The van der Waals surface area contributed by atoms with Crippen molar-refractivity contribution < 1.29 is 28.5 Å². The Morgan fingerprint density at radius 3 is 2.32 bits per heavy atom. The Morgan fingerprint density at radius 1 is 1.03 bits per heavy atom. The van der Waals surface area contributed by atoms with Crippen molar-refractivity contribution in [2.24, 2.45) is 0 Å². The Bertz CT molecular complexity index is 1080. The second kappa shape index (κ2) is 12.1. The van der Waals surface area contributed by atoms with E-state index in [2.05, 4.69) is 6.92 Å². The maximum absolute atomic E-state index is 14.0. The number of ether oxygens (including phenoxy) is 5. The van der Waals surface area contributed by atoms with Crippen LogP contribution >= 0.6 is 23.2 Å². The quantitative estimate of drug-likeness (QED) is 0.360. The fraction of sp³-hybridized carbons (Fsp3) is 0.536. The summed E-state index contributed by atoms with van der Waals surface area (Å²) in [4.78, 5) is 15.9. The molecular weight excluding hydrogens is 517 g/mol. The van der Waals surface area contributed by atoms with Crippen LogP contribution in [-0.4, -0.2) is 57.7 Å². The summed E-state index contributed by atoms with van der Waals surface area (Å²) in [6, 6.07) is 9.35. The molecule has 2 aliphatic rings. The molecule has 2 aromatic carbocycles. The second-order valence-electron chi connectivity index (χ2n) is 9.58. The van der Waals surface area contributed by atoms with Gasteiger partial charge in [-0.2, -0.15) is 0 Å². The number of benzene rings is 2. The van der Waals surface area contributed by atoms with Crippen LogP contribution in [0.1, 0.15) is 50.2 Å². The predicted molar refractivity (Wildman–Crippen MR) is 143 cm³/mol.